The second-order valence-electron chi connectivity index (χ2n) is 6.13. The van der Waals surface area contributed by atoms with Gasteiger partial charge in [0.05, 0.1) is 16.9 Å². The summed E-state index contributed by atoms with van der Waals surface area (Å²) in [6.07, 6.45) is -6.90. The van der Waals surface area contributed by atoms with E-state index in [1.807, 2.05) is 0 Å². The quantitative estimate of drug-likeness (QED) is 0.541. The largest absolute Gasteiger partial charge is 0.416 e. The molecule has 0 radical (unpaired) electrons. The Hall–Kier alpha value is -2.82. The van der Waals surface area contributed by atoms with Crippen molar-refractivity contribution in [2.75, 3.05) is 6.26 Å². The van der Waals surface area contributed by atoms with E-state index in [1.54, 1.807) is 0 Å². The Morgan fingerprint density at radius 1 is 1.03 bits per heavy atom. The van der Waals surface area contributed by atoms with E-state index >= 15 is 0 Å². The summed E-state index contributed by atoms with van der Waals surface area (Å²) >= 11 is 0. The van der Waals surface area contributed by atoms with Crippen molar-refractivity contribution in [2.24, 2.45) is 0 Å². The summed E-state index contributed by atoms with van der Waals surface area (Å²) in [7, 11) is -3.87. The molecular weight excluding hydrogens is 422 g/mol. The molecule has 3 aromatic rings. The van der Waals surface area contributed by atoms with E-state index in [4.69, 9.17) is 0 Å². The van der Waals surface area contributed by atoms with E-state index in [2.05, 4.69) is 5.10 Å². The summed E-state index contributed by atoms with van der Waals surface area (Å²) in [5, 5.41) is 3.64. The maximum atomic E-state index is 14.2. The van der Waals surface area contributed by atoms with Crippen molar-refractivity contribution in [1.29, 1.82) is 0 Å². The van der Waals surface area contributed by atoms with Crippen LogP contribution >= 0.6 is 0 Å². The average molecular weight is 434 g/mol. The maximum absolute atomic E-state index is 14.2. The molecule has 0 fully saturated rings. The van der Waals surface area contributed by atoms with Crippen LogP contribution in [0.15, 0.2) is 53.4 Å². The van der Waals surface area contributed by atoms with Crippen LogP contribution in [0.5, 0.6) is 0 Å². The van der Waals surface area contributed by atoms with Crippen LogP contribution in [-0.4, -0.2) is 24.5 Å². The smallest absolute Gasteiger partial charge is 0.233 e. The van der Waals surface area contributed by atoms with Crippen molar-refractivity contribution < 1.29 is 34.8 Å². The van der Waals surface area contributed by atoms with Crippen molar-refractivity contribution in [1.82, 2.24) is 9.78 Å². The molecule has 0 aliphatic heterocycles. The molecule has 0 amide bonds. The van der Waals surface area contributed by atoms with Gasteiger partial charge in [-0.05, 0) is 36.4 Å². The predicted octanol–water partition coefficient (Wildman–Crippen LogP) is 5.04. The zero-order valence-electron chi connectivity index (χ0n) is 14.6. The molecule has 1 aromatic heterocycles. The highest BCUT2D eigenvalue weighted by atomic mass is 32.2. The van der Waals surface area contributed by atoms with Crippen molar-refractivity contribution >= 4 is 9.84 Å². The molecule has 0 spiro atoms. The van der Waals surface area contributed by atoms with Gasteiger partial charge in [0, 0.05) is 11.8 Å². The van der Waals surface area contributed by atoms with Crippen LogP contribution in [0.2, 0.25) is 0 Å². The normalized spacial score (nSPS) is 12.6. The van der Waals surface area contributed by atoms with Gasteiger partial charge < -0.3 is 0 Å². The first-order chi connectivity index (χ1) is 13.4. The molecule has 0 aliphatic rings. The first kappa shape index (κ1) is 20.9. The molecular formula is C18H12F6N2O2S. The van der Waals surface area contributed by atoms with E-state index in [0.717, 1.165) is 47.3 Å². The van der Waals surface area contributed by atoms with Crippen LogP contribution in [0.4, 0.5) is 26.3 Å². The van der Waals surface area contributed by atoms with Gasteiger partial charge in [0.1, 0.15) is 16.4 Å². The molecule has 0 N–H and O–H groups in total. The molecule has 29 heavy (non-hydrogen) atoms. The number of alkyl halides is 5. The summed E-state index contributed by atoms with van der Waals surface area (Å²) < 4.78 is 103. The Morgan fingerprint density at radius 3 is 2.28 bits per heavy atom. The Bertz CT molecular complexity index is 1170. The van der Waals surface area contributed by atoms with Crippen LogP contribution in [0.3, 0.4) is 0 Å². The lowest BCUT2D eigenvalue weighted by Crippen LogP contribution is -2.07. The third-order valence-electron chi connectivity index (χ3n) is 4.00. The minimum absolute atomic E-state index is 0.0355. The molecule has 0 atom stereocenters. The zero-order valence-corrected chi connectivity index (χ0v) is 15.4. The van der Waals surface area contributed by atoms with E-state index in [1.165, 1.54) is 6.07 Å². The van der Waals surface area contributed by atoms with Crippen LogP contribution < -0.4 is 0 Å². The molecule has 3 rings (SSSR count). The fourth-order valence-corrected chi connectivity index (χ4v) is 3.41. The Labute approximate surface area is 161 Å². The van der Waals surface area contributed by atoms with Crippen LogP contribution in [0.1, 0.15) is 17.7 Å². The lowest BCUT2D eigenvalue weighted by molar-refractivity contribution is -0.137. The summed E-state index contributed by atoms with van der Waals surface area (Å²) in [5.41, 5.74) is -2.08. The van der Waals surface area contributed by atoms with Gasteiger partial charge in [0.2, 0.25) is 0 Å². The topological polar surface area (TPSA) is 52.0 Å². The Kier molecular flexibility index (Phi) is 5.20. The number of nitrogens with zero attached hydrogens (tertiary/aromatic N) is 2. The average Bonchev–Trinajstić information content (AvgIpc) is 3.05. The molecule has 2 aromatic carbocycles. The van der Waals surface area contributed by atoms with Gasteiger partial charge >= 0.3 is 6.18 Å². The number of benzene rings is 2. The second-order valence-corrected chi connectivity index (χ2v) is 8.12. The number of rotatable bonds is 4. The number of hydrogen-bond donors (Lipinski definition) is 0. The SMILES string of the molecule is CS(=O)(=O)c1ccc(-c2cc(C(F)F)nn2-c2cccc(C(F)(F)F)c2)cc1F. The Balaban J connectivity index is 2.20. The summed E-state index contributed by atoms with van der Waals surface area (Å²) in [5.74, 6) is -1.12. The number of halogens is 6. The summed E-state index contributed by atoms with van der Waals surface area (Å²) in [6, 6.07) is 7.64. The predicted molar refractivity (Wildman–Crippen MR) is 92.0 cm³/mol. The third kappa shape index (κ3) is 4.29. The molecule has 0 bridgehead atoms. The van der Waals surface area contributed by atoms with Crippen LogP contribution in [0, 0.1) is 5.82 Å². The van der Waals surface area contributed by atoms with Gasteiger partial charge in [-0.1, -0.05) is 12.1 Å². The van der Waals surface area contributed by atoms with Crippen molar-refractivity contribution in [2.45, 2.75) is 17.5 Å². The van der Waals surface area contributed by atoms with Gasteiger partial charge in [-0.3, -0.25) is 0 Å². The molecule has 0 saturated heterocycles. The monoisotopic (exact) mass is 434 g/mol. The molecule has 154 valence electrons. The molecule has 0 aliphatic carbocycles. The summed E-state index contributed by atoms with van der Waals surface area (Å²) in [6.45, 7) is 0. The lowest BCUT2D eigenvalue weighted by Gasteiger charge is -2.12. The molecule has 0 saturated carbocycles. The van der Waals surface area contributed by atoms with Crippen molar-refractivity contribution in [3.63, 3.8) is 0 Å². The number of aromatic nitrogens is 2. The fourth-order valence-electron chi connectivity index (χ4n) is 2.68. The minimum Gasteiger partial charge on any atom is -0.233 e. The highest BCUT2D eigenvalue weighted by Gasteiger charge is 2.31. The molecule has 11 heteroatoms. The van der Waals surface area contributed by atoms with E-state index < -0.39 is 44.4 Å². The van der Waals surface area contributed by atoms with Gasteiger partial charge in [-0.25, -0.2) is 26.3 Å². The maximum Gasteiger partial charge on any atom is 0.416 e. The fraction of sp³-hybridized carbons (Fsp3) is 0.167. The highest BCUT2D eigenvalue weighted by molar-refractivity contribution is 7.90. The van der Waals surface area contributed by atoms with Gasteiger partial charge in [0.25, 0.3) is 6.43 Å². The van der Waals surface area contributed by atoms with Crippen LogP contribution in [-0.2, 0) is 16.0 Å². The third-order valence-corrected chi connectivity index (χ3v) is 5.13. The first-order valence-electron chi connectivity index (χ1n) is 7.93. The lowest BCUT2D eigenvalue weighted by atomic mass is 10.1. The molecule has 1 heterocycles. The minimum atomic E-state index is -4.67. The van der Waals surface area contributed by atoms with Gasteiger partial charge in [-0.15, -0.1) is 0 Å². The van der Waals surface area contributed by atoms with Gasteiger partial charge in [-0.2, -0.15) is 18.3 Å². The number of sulfone groups is 1. The molecule has 0 unspecified atom stereocenters. The molecule has 4 nitrogen and oxygen atoms in total. The standard InChI is InChI=1S/C18H12F6N2O2S/c1-29(27,28)16-6-5-10(7-13(16)19)15-9-14(17(20)21)25-26(15)12-4-2-3-11(8-12)18(22,23)24/h2-9,17H,1H3. The second kappa shape index (κ2) is 7.21. The first-order valence-corrected chi connectivity index (χ1v) is 9.83. The summed E-state index contributed by atoms with van der Waals surface area (Å²) in [4.78, 5) is -0.597. The van der Waals surface area contributed by atoms with Gasteiger partial charge in [0.15, 0.2) is 9.84 Å². The van der Waals surface area contributed by atoms with Crippen molar-refractivity contribution in [3.8, 4) is 16.9 Å². The zero-order chi connectivity index (χ0) is 21.6. The van der Waals surface area contributed by atoms with Crippen molar-refractivity contribution in [3.05, 3.63) is 65.6 Å². The number of hydrogen-bond acceptors (Lipinski definition) is 3. The highest BCUT2D eigenvalue weighted by Crippen LogP contribution is 2.33. The Morgan fingerprint density at radius 2 is 1.72 bits per heavy atom. The van der Waals surface area contributed by atoms with E-state index in [9.17, 15) is 34.8 Å². The van der Waals surface area contributed by atoms with E-state index in [0.29, 0.717) is 6.07 Å². The van der Waals surface area contributed by atoms with Crippen LogP contribution in [0.25, 0.3) is 16.9 Å². The van der Waals surface area contributed by atoms with E-state index in [-0.39, 0.29) is 16.9 Å².